The molecule has 0 heterocycles. The second kappa shape index (κ2) is 7.36. The van der Waals surface area contributed by atoms with Crippen LogP contribution in [0, 0.1) is 11.8 Å². The molecule has 0 aromatic heterocycles. The minimum atomic E-state index is -0.259. The third-order valence-electron chi connectivity index (χ3n) is 1.99. The van der Waals surface area contributed by atoms with E-state index in [9.17, 15) is 4.79 Å². The van der Waals surface area contributed by atoms with Gasteiger partial charge in [0.05, 0.1) is 6.61 Å². The van der Waals surface area contributed by atoms with Gasteiger partial charge in [-0.3, -0.25) is 0 Å². The number of carbonyl (C=O) groups excluding carboxylic acids is 1. The van der Waals surface area contributed by atoms with E-state index in [0.29, 0.717) is 18.4 Å². The second-order valence-corrected chi connectivity index (χ2v) is 3.54. The summed E-state index contributed by atoms with van der Waals surface area (Å²) in [6.45, 7) is 10.1. The van der Waals surface area contributed by atoms with E-state index >= 15 is 0 Å². The number of rotatable bonds is 6. The highest BCUT2D eigenvalue weighted by molar-refractivity contribution is 5.81. The Labute approximate surface area is 86.6 Å². The molecule has 0 unspecified atom stereocenters. The highest BCUT2D eigenvalue weighted by Crippen LogP contribution is 2.13. The summed E-state index contributed by atoms with van der Waals surface area (Å²) in [4.78, 5) is 11.0. The van der Waals surface area contributed by atoms with E-state index in [0.717, 1.165) is 6.42 Å². The van der Waals surface area contributed by atoms with Crippen LogP contribution in [0.2, 0.25) is 0 Å². The summed E-state index contributed by atoms with van der Waals surface area (Å²) < 4.78 is 4.78. The lowest BCUT2D eigenvalue weighted by atomic mass is 9.97. The Morgan fingerprint density at radius 1 is 1.43 bits per heavy atom. The van der Waals surface area contributed by atoms with Gasteiger partial charge in [-0.15, -0.1) is 6.58 Å². The number of carbonyl (C=O) groups is 1. The lowest BCUT2D eigenvalue weighted by molar-refractivity contribution is -0.137. The first-order valence-corrected chi connectivity index (χ1v) is 5.07. The molecule has 0 fully saturated rings. The fraction of sp³-hybridized carbons (Fsp3) is 0.583. The molecule has 0 aliphatic rings. The summed E-state index contributed by atoms with van der Waals surface area (Å²) in [5.41, 5.74) is 0. The average molecular weight is 196 g/mol. The zero-order valence-electron chi connectivity index (χ0n) is 9.32. The number of allylic oxidation sites excluding steroid dienone is 2. The molecule has 0 amide bonds. The Morgan fingerprint density at radius 2 is 2.07 bits per heavy atom. The molecule has 0 aromatic carbocycles. The fourth-order valence-electron chi connectivity index (χ4n) is 1.19. The molecular formula is C12H20O2. The highest BCUT2D eigenvalue weighted by atomic mass is 16.5. The van der Waals surface area contributed by atoms with Crippen molar-refractivity contribution in [1.82, 2.24) is 0 Å². The first kappa shape index (κ1) is 12.9. The number of hydrogen-bond acceptors (Lipinski definition) is 2. The molecule has 0 N–H and O–H groups in total. The lowest BCUT2D eigenvalue weighted by Crippen LogP contribution is -2.02. The molecule has 0 aliphatic heterocycles. The second-order valence-electron chi connectivity index (χ2n) is 3.54. The third kappa shape index (κ3) is 6.46. The van der Waals surface area contributed by atoms with Gasteiger partial charge >= 0.3 is 5.97 Å². The molecule has 14 heavy (non-hydrogen) atoms. The van der Waals surface area contributed by atoms with Gasteiger partial charge in [-0.1, -0.05) is 26.0 Å². The van der Waals surface area contributed by atoms with Crippen LogP contribution in [0.1, 0.15) is 27.2 Å². The Balaban J connectivity index is 3.86. The van der Waals surface area contributed by atoms with E-state index in [1.807, 2.05) is 12.2 Å². The van der Waals surface area contributed by atoms with Crippen LogP contribution in [0.5, 0.6) is 0 Å². The summed E-state index contributed by atoms with van der Waals surface area (Å²) in [6.07, 6.45) is 6.33. The lowest BCUT2D eigenvalue weighted by Gasteiger charge is -2.09. The van der Waals surface area contributed by atoms with E-state index in [1.54, 1.807) is 6.92 Å². The standard InChI is InChI=1S/C12H20O2/c1-5-10(3)9-11(4)7-8-12(13)14-6-2/h5,7-8,10-11H,1,6,9H2,2-4H3/b8-7+/t10-,11+/m1/s1. The number of hydrogen-bond donors (Lipinski definition) is 0. The van der Waals surface area contributed by atoms with E-state index in [-0.39, 0.29) is 5.97 Å². The predicted molar refractivity (Wildman–Crippen MR) is 58.9 cm³/mol. The molecule has 0 rings (SSSR count). The summed E-state index contributed by atoms with van der Waals surface area (Å²) in [5.74, 6) is 0.606. The van der Waals surface area contributed by atoms with Gasteiger partial charge in [0.15, 0.2) is 0 Å². The molecule has 2 atom stereocenters. The molecule has 0 radical (unpaired) electrons. The van der Waals surface area contributed by atoms with Gasteiger partial charge in [0.1, 0.15) is 0 Å². The van der Waals surface area contributed by atoms with Gasteiger partial charge in [-0.2, -0.15) is 0 Å². The zero-order valence-corrected chi connectivity index (χ0v) is 9.32. The quantitative estimate of drug-likeness (QED) is 0.371. The van der Waals surface area contributed by atoms with Crippen LogP contribution < -0.4 is 0 Å². The SMILES string of the molecule is C=C[C@@H](C)C[C@@H](C)/C=C/C(=O)OCC. The summed E-state index contributed by atoms with van der Waals surface area (Å²) in [6, 6.07) is 0. The van der Waals surface area contributed by atoms with Crippen molar-refractivity contribution in [3.8, 4) is 0 Å². The molecule has 0 bridgehead atoms. The Morgan fingerprint density at radius 3 is 2.57 bits per heavy atom. The zero-order chi connectivity index (χ0) is 11.0. The molecule has 0 aromatic rings. The Bertz CT molecular complexity index is 206. The van der Waals surface area contributed by atoms with Crippen molar-refractivity contribution >= 4 is 5.97 Å². The molecule has 0 aliphatic carbocycles. The first-order valence-electron chi connectivity index (χ1n) is 5.07. The van der Waals surface area contributed by atoms with Crippen LogP contribution in [0.3, 0.4) is 0 Å². The van der Waals surface area contributed by atoms with E-state index in [4.69, 9.17) is 4.74 Å². The maximum atomic E-state index is 11.0. The number of esters is 1. The average Bonchev–Trinajstić information content (AvgIpc) is 2.15. The molecule has 2 nitrogen and oxygen atoms in total. The van der Waals surface area contributed by atoms with Crippen molar-refractivity contribution in [2.45, 2.75) is 27.2 Å². The minimum absolute atomic E-state index is 0.259. The van der Waals surface area contributed by atoms with Crippen molar-refractivity contribution in [1.29, 1.82) is 0 Å². The first-order chi connectivity index (χ1) is 6.60. The molecule has 0 saturated carbocycles. The molecule has 2 heteroatoms. The summed E-state index contributed by atoms with van der Waals surface area (Å²) in [5, 5.41) is 0. The van der Waals surface area contributed by atoms with Crippen LogP contribution >= 0.6 is 0 Å². The van der Waals surface area contributed by atoms with Gasteiger partial charge < -0.3 is 4.74 Å². The van der Waals surface area contributed by atoms with Crippen molar-refractivity contribution < 1.29 is 9.53 Å². The van der Waals surface area contributed by atoms with Crippen molar-refractivity contribution in [3.05, 3.63) is 24.8 Å². The Hall–Kier alpha value is -1.05. The van der Waals surface area contributed by atoms with Crippen LogP contribution in [-0.2, 0) is 9.53 Å². The van der Waals surface area contributed by atoms with Crippen molar-refractivity contribution in [2.24, 2.45) is 11.8 Å². The van der Waals surface area contributed by atoms with E-state index in [1.165, 1.54) is 6.08 Å². The highest BCUT2D eigenvalue weighted by Gasteiger charge is 2.03. The summed E-state index contributed by atoms with van der Waals surface area (Å²) >= 11 is 0. The van der Waals surface area contributed by atoms with E-state index < -0.39 is 0 Å². The predicted octanol–water partition coefficient (Wildman–Crippen LogP) is 2.95. The van der Waals surface area contributed by atoms with Crippen molar-refractivity contribution in [2.75, 3.05) is 6.61 Å². The van der Waals surface area contributed by atoms with Gasteiger partial charge in [-0.25, -0.2) is 4.79 Å². The van der Waals surface area contributed by atoms with Crippen LogP contribution in [0.25, 0.3) is 0 Å². The maximum Gasteiger partial charge on any atom is 0.330 e. The van der Waals surface area contributed by atoms with Crippen LogP contribution in [-0.4, -0.2) is 12.6 Å². The molecule has 80 valence electrons. The van der Waals surface area contributed by atoms with E-state index in [2.05, 4.69) is 20.4 Å². The smallest absolute Gasteiger partial charge is 0.330 e. The largest absolute Gasteiger partial charge is 0.463 e. The molecular weight excluding hydrogens is 176 g/mol. The third-order valence-corrected chi connectivity index (χ3v) is 1.99. The van der Waals surface area contributed by atoms with Gasteiger partial charge in [-0.05, 0) is 25.2 Å². The van der Waals surface area contributed by atoms with Gasteiger partial charge in [0.25, 0.3) is 0 Å². The maximum absolute atomic E-state index is 11.0. The van der Waals surface area contributed by atoms with Gasteiger partial charge in [0, 0.05) is 6.08 Å². The van der Waals surface area contributed by atoms with Crippen LogP contribution in [0.4, 0.5) is 0 Å². The van der Waals surface area contributed by atoms with Gasteiger partial charge in [0.2, 0.25) is 0 Å². The summed E-state index contributed by atoms with van der Waals surface area (Å²) in [7, 11) is 0. The normalized spacial score (nSPS) is 15.1. The molecule has 0 saturated heterocycles. The Kier molecular flexibility index (Phi) is 6.81. The van der Waals surface area contributed by atoms with Crippen LogP contribution in [0.15, 0.2) is 24.8 Å². The minimum Gasteiger partial charge on any atom is -0.463 e. The molecule has 0 spiro atoms. The topological polar surface area (TPSA) is 26.3 Å². The monoisotopic (exact) mass is 196 g/mol. The van der Waals surface area contributed by atoms with Crippen molar-refractivity contribution in [3.63, 3.8) is 0 Å². The number of ether oxygens (including phenoxy) is 1. The fourth-order valence-corrected chi connectivity index (χ4v) is 1.19.